The first-order chi connectivity index (χ1) is 24.6. The van der Waals surface area contributed by atoms with Crippen LogP contribution in [-0.2, 0) is 23.8 Å². The third-order valence-corrected chi connectivity index (χ3v) is 9.47. The van der Waals surface area contributed by atoms with Crippen LogP contribution in [0.2, 0.25) is 0 Å². The molecule has 0 rings (SSSR count). The van der Waals surface area contributed by atoms with Gasteiger partial charge in [-0.1, -0.05) is 193 Å². The summed E-state index contributed by atoms with van der Waals surface area (Å²) in [4.78, 5) is 25.0. The molecule has 5 nitrogen and oxygen atoms in total. The second kappa shape index (κ2) is 41.8. The van der Waals surface area contributed by atoms with E-state index in [1.165, 1.54) is 141 Å². The van der Waals surface area contributed by atoms with Gasteiger partial charge in [0.1, 0.15) is 6.61 Å². The van der Waals surface area contributed by atoms with Crippen molar-refractivity contribution in [3.63, 3.8) is 0 Å². The van der Waals surface area contributed by atoms with Crippen molar-refractivity contribution in [1.82, 2.24) is 0 Å². The molecule has 294 valence electrons. The third-order valence-electron chi connectivity index (χ3n) is 9.47. The van der Waals surface area contributed by atoms with Crippen LogP contribution in [0.25, 0.3) is 0 Å². The highest BCUT2D eigenvalue weighted by molar-refractivity contribution is 5.70. The predicted molar refractivity (Wildman–Crippen MR) is 215 cm³/mol. The van der Waals surface area contributed by atoms with Crippen molar-refractivity contribution in [3.8, 4) is 0 Å². The van der Waals surface area contributed by atoms with Gasteiger partial charge >= 0.3 is 11.9 Å². The highest BCUT2D eigenvalue weighted by Gasteiger charge is 2.17. The van der Waals surface area contributed by atoms with Crippen LogP contribution < -0.4 is 0 Å². The van der Waals surface area contributed by atoms with Gasteiger partial charge in [-0.3, -0.25) is 9.59 Å². The number of hydrogen-bond acceptors (Lipinski definition) is 5. The minimum absolute atomic E-state index is 0.0836. The molecule has 0 saturated carbocycles. The Labute approximate surface area is 311 Å². The lowest BCUT2D eigenvalue weighted by atomic mass is 10.0. The molecule has 0 aromatic carbocycles. The van der Waals surface area contributed by atoms with Gasteiger partial charge in [0.2, 0.25) is 0 Å². The second-order valence-corrected chi connectivity index (χ2v) is 14.6. The molecule has 0 aromatic rings. The molecule has 5 heteroatoms. The minimum atomic E-state index is -0.530. The van der Waals surface area contributed by atoms with Crippen LogP contribution in [-0.4, -0.2) is 37.9 Å². The van der Waals surface area contributed by atoms with Crippen LogP contribution in [0.1, 0.15) is 226 Å². The standard InChI is InChI=1S/C45H84O5/c1-4-7-10-13-16-18-20-22-24-26-28-31-34-37-40-48-41-43(50-45(47)39-36-33-29-15-12-9-6-3)42-49-44(46)38-35-32-30-27-25-23-21-19-17-14-11-8-5-2/h11,14,19,21,43H,4-10,12-13,15-18,20,22-42H2,1-3H3/b14-11-,21-19-. The summed E-state index contributed by atoms with van der Waals surface area (Å²) in [5.41, 5.74) is 0. The SMILES string of the molecule is CCC/C=C\C/C=C\CCCCCCCC(=O)OCC(COCCCCCCCCCCCCCCCC)OC(=O)CCCCCCCCC. The summed E-state index contributed by atoms with van der Waals surface area (Å²) < 4.78 is 17.2. The first-order valence-electron chi connectivity index (χ1n) is 21.9. The van der Waals surface area contributed by atoms with E-state index in [2.05, 4.69) is 45.1 Å². The van der Waals surface area contributed by atoms with Gasteiger partial charge in [-0.05, 0) is 44.9 Å². The number of hydrogen-bond donors (Lipinski definition) is 0. The molecular weight excluding hydrogens is 620 g/mol. The lowest BCUT2D eigenvalue weighted by molar-refractivity contribution is -0.163. The van der Waals surface area contributed by atoms with Gasteiger partial charge in [0, 0.05) is 19.4 Å². The van der Waals surface area contributed by atoms with Crippen molar-refractivity contribution in [2.24, 2.45) is 0 Å². The van der Waals surface area contributed by atoms with Gasteiger partial charge in [-0.25, -0.2) is 0 Å². The number of rotatable bonds is 40. The first kappa shape index (κ1) is 48.4. The van der Waals surface area contributed by atoms with E-state index >= 15 is 0 Å². The Morgan fingerprint density at radius 1 is 0.440 bits per heavy atom. The van der Waals surface area contributed by atoms with E-state index in [-0.39, 0.29) is 25.2 Å². The van der Waals surface area contributed by atoms with Crippen LogP contribution in [0.3, 0.4) is 0 Å². The lowest BCUT2D eigenvalue weighted by Gasteiger charge is -2.18. The molecule has 0 radical (unpaired) electrons. The van der Waals surface area contributed by atoms with E-state index in [4.69, 9.17) is 14.2 Å². The number of ether oxygens (including phenoxy) is 3. The van der Waals surface area contributed by atoms with Crippen molar-refractivity contribution in [2.45, 2.75) is 232 Å². The molecule has 0 aliphatic rings. The molecule has 0 aliphatic heterocycles. The predicted octanol–water partition coefficient (Wildman–Crippen LogP) is 14.1. The molecule has 0 heterocycles. The maximum atomic E-state index is 12.6. The van der Waals surface area contributed by atoms with E-state index in [0.717, 1.165) is 51.4 Å². The number of carbonyl (C=O) groups is 2. The quantitative estimate of drug-likeness (QED) is 0.0361. The van der Waals surface area contributed by atoms with Gasteiger partial charge in [0.25, 0.3) is 0 Å². The van der Waals surface area contributed by atoms with Crippen LogP contribution in [0.15, 0.2) is 24.3 Å². The topological polar surface area (TPSA) is 61.8 Å². The molecule has 0 fully saturated rings. The summed E-state index contributed by atoms with van der Waals surface area (Å²) >= 11 is 0. The molecule has 0 spiro atoms. The smallest absolute Gasteiger partial charge is 0.306 e. The first-order valence-corrected chi connectivity index (χ1v) is 21.9. The minimum Gasteiger partial charge on any atom is -0.462 e. The Kier molecular flexibility index (Phi) is 40.4. The van der Waals surface area contributed by atoms with Crippen molar-refractivity contribution in [3.05, 3.63) is 24.3 Å². The summed E-state index contributed by atoms with van der Waals surface area (Å²) in [6, 6.07) is 0. The highest BCUT2D eigenvalue weighted by Crippen LogP contribution is 2.14. The summed E-state index contributed by atoms with van der Waals surface area (Å²) in [5.74, 6) is -0.410. The number of unbranched alkanes of at least 4 members (excludes halogenated alkanes) is 25. The highest BCUT2D eigenvalue weighted by atomic mass is 16.6. The van der Waals surface area contributed by atoms with E-state index in [9.17, 15) is 9.59 Å². The molecular formula is C45H84O5. The van der Waals surface area contributed by atoms with Crippen LogP contribution in [0.4, 0.5) is 0 Å². The largest absolute Gasteiger partial charge is 0.462 e. The van der Waals surface area contributed by atoms with E-state index in [0.29, 0.717) is 19.4 Å². The van der Waals surface area contributed by atoms with E-state index in [1.807, 2.05) is 0 Å². The molecule has 1 atom stereocenters. The maximum Gasteiger partial charge on any atom is 0.306 e. The Bertz CT molecular complexity index is 761. The van der Waals surface area contributed by atoms with Gasteiger partial charge in [-0.15, -0.1) is 0 Å². The second-order valence-electron chi connectivity index (χ2n) is 14.6. The Morgan fingerprint density at radius 2 is 0.880 bits per heavy atom. The Balaban J connectivity index is 4.15. The molecule has 0 aliphatic carbocycles. The molecule has 0 N–H and O–H groups in total. The van der Waals surface area contributed by atoms with E-state index < -0.39 is 6.10 Å². The van der Waals surface area contributed by atoms with Crippen molar-refractivity contribution < 1.29 is 23.8 Å². The van der Waals surface area contributed by atoms with Gasteiger partial charge in [0.05, 0.1) is 6.61 Å². The Morgan fingerprint density at radius 3 is 1.40 bits per heavy atom. The Hall–Kier alpha value is -1.62. The maximum absolute atomic E-state index is 12.6. The summed E-state index contributed by atoms with van der Waals surface area (Å²) in [5, 5.41) is 0. The van der Waals surface area contributed by atoms with Crippen molar-refractivity contribution in [2.75, 3.05) is 19.8 Å². The average molecular weight is 705 g/mol. The van der Waals surface area contributed by atoms with Crippen LogP contribution >= 0.6 is 0 Å². The fraction of sp³-hybridized carbons (Fsp3) is 0.867. The molecule has 0 aromatic heterocycles. The summed E-state index contributed by atoms with van der Waals surface area (Å²) in [7, 11) is 0. The molecule has 50 heavy (non-hydrogen) atoms. The van der Waals surface area contributed by atoms with Crippen LogP contribution in [0, 0.1) is 0 Å². The monoisotopic (exact) mass is 705 g/mol. The number of carbonyl (C=O) groups excluding carboxylic acids is 2. The molecule has 0 bridgehead atoms. The van der Waals surface area contributed by atoms with E-state index in [1.54, 1.807) is 0 Å². The van der Waals surface area contributed by atoms with Crippen molar-refractivity contribution in [1.29, 1.82) is 0 Å². The average Bonchev–Trinajstić information content (AvgIpc) is 3.11. The normalized spacial score (nSPS) is 12.3. The molecule has 0 amide bonds. The van der Waals surface area contributed by atoms with Crippen LogP contribution in [0.5, 0.6) is 0 Å². The number of allylic oxidation sites excluding steroid dienone is 4. The van der Waals surface area contributed by atoms with Gasteiger partial charge in [-0.2, -0.15) is 0 Å². The van der Waals surface area contributed by atoms with Crippen molar-refractivity contribution >= 4 is 11.9 Å². The fourth-order valence-electron chi connectivity index (χ4n) is 6.19. The molecule has 0 saturated heterocycles. The number of esters is 2. The zero-order valence-corrected chi connectivity index (χ0v) is 33.7. The molecule has 1 unspecified atom stereocenters. The van der Waals surface area contributed by atoms with Gasteiger partial charge in [0.15, 0.2) is 6.10 Å². The summed E-state index contributed by atoms with van der Waals surface area (Å²) in [6.45, 7) is 7.74. The zero-order chi connectivity index (χ0) is 36.4. The summed E-state index contributed by atoms with van der Waals surface area (Å²) in [6.07, 6.45) is 46.1. The van der Waals surface area contributed by atoms with Gasteiger partial charge < -0.3 is 14.2 Å². The third kappa shape index (κ3) is 39.2. The lowest BCUT2D eigenvalue weighted by Crippen LogP contribution is -2.30. The fourth-order valence-corrected chi connectivity index (χ4v) is 6.19. The zero-order valence-electron chi connectivity index (χ0n) is 33.7.